The van der Waals surface area contributed by atoms with Gasteiger partial charge in [-0.1, -0.05) is 12.1 Å². The number of nitrogens with zero attached hydrogens (tertiary/aromatic N) is 2. The maximum atomic E-state index is 12.9. The van der Waals surface area contributed by atoms with Crippen molar-refractivity contribution in [2.75, 3.05) is 45.3 Å². The fourth-order valence-electron chi connectivity index (χ4n) is 2.03. The quantitative estimate of drug-likeness (QED) is 0.746. The average molecular weight is 381 g/mol. The Labute approximate surface area is 145 Å². The second kappa shape index (κ2) is 8.63. The minimum Gasteiger partial charge on any atom is -0.325 e. The molecule has 0 spiro atoms. The highest BCUT2D eigenvalue weighted by Gasteiger charge is 2.33. The first-order valence-corrected chi connectivity index (χ1v) is 9.32. The van der Waals surface area contributed by atoms with Crippen LogP contribution < -0.4 is 5.32 Å². The standard InChI is InChI=1S/C15H22F3N3O3S/c1-20(2)10-11-21(25(3,23)24)9-8-14(22)19-13-7-5-4-6-12(13)15(16,17)18/h4-7H,8-11H2,1-3H3,(H,19,22). The van der Waals surface area contributed by atoms with Crippen molar-refractivity contribution in [1.82, 2.24) is 9.21 Å². The van der Waals surface area contributed by atoms with Gasteiger partial charge in [0.05, 0.1) is 17.5 Å². The lowest BCUT2D eigenvalue weighted by Crippen LogP contribution is -2.37. The van der Waals surface area contributed by atoms with Crippen LogP contribution in [0.3, 0.4) is 0 Å². The molecule has 1 aromatic rings. The zero-order valence-electron chi connectivity index (χ0n) is 14.3. The molecule has 0 saturated heterocycles. The van der Waals surface area contributed by atoms with Crippen LogP contribution in [0.15, 0.2) is 24.3 Å². The van der Waals surface area contributed by atoms with Crippen LogP contribution >= 0.6 is 0 Å². The second-order valence-corrected chi connectivity index (χ2v) is 7.79. The van der Waals surface area contributed by atoms with E-state index < -0.39 is 27.7 Å². The van der Waals surface area contributed by atoms with Crippen LogP contribution in [-0.4, -0.2) is 63.5 Å². The van der Waals surface area contributed by atoms with Crippen molar-refractivity contribution in [3.8, 4) is 0 Å². The SMILES string of the molecule is CN(C)CCN(CCC(=O)Nc1ccccc1C(F)(F)F)S(C)(=O)=O. The molecule has 0 saturated carbocycles. The van der Waals surface area contributed by atoms with E-state index in [-0.39, 0.29) is 25.2 Å². The molecule has 25 heavy (non-hydrogen) atoms. The third-order valence-electron chi connectivity index (χ3n) is 3.36. The number of anilines is 1. The summed E-state index contributed by atoms with van der Waals surface area (Å²) in [6.45, 7) is 0.552. The summed E-state index contributed by atoms with van der Waals surface area (Å²) in [5.74, 6) is -0.685. The van der Waals surface area contributed by atoms with Gasteiger partial charge in [0.2, 0.25) is 15.9 Å². The predicted molar refractivity (Wildman–Crippen MR) is 89.7 cm³/mol. The van der Waals surface area contributed by atoms with Crippen molar-refractivity contribution in [3.05, 3.63) is 29.8 Å². The van der Waals surface area contributed by atoms with Gasteiger partial charge >= 0.3 is 6.18 Å². The summed E-state index contributed by atoms with van der Waals surface area (Å²) in [7, 11) is 0.0442. The summed E-state index contributed by atoms with van der Waals surface area (Å²) in [5.41, 5.74) is -1.30. The number of benzene rings is 1. The molecule has 1 N–H and O–H groups in total. The molecule has 0 bridgehead atoms. The van der Waals surface area contributed by atoms with Gasteiger partial charge in [-0.2, -0.15) is 13.2 Å². The van der Waals surface area contributed by atoms with Crippen molar-refractivity contribution in [1.29, 1.82) is 0 Å². The van der Waals surface area contributed by atoms with Crippen LogP contribution in [0.5, 0.6) is 0 Å². The van der Waals surface area contributed by atoms with Crippen LogP contribution in [0.25, 0.3) is 0 Å². The zero-order valence-corrected chi connectivity index (χ0v) is 15.1. The molecule has 0 unspecified atom stereocenters. The van der Waals surface area contributed by atoms with Crippen molar-refractivity contribution in [2.45, 2.75) is 12.6 Å². The van der Waals surface area contributed by atoms with Gasteiger partial charge in [-0.25, -0.2) is 12.7 Å². The number of nitrogens with one attached hydrogen (secondary N) is 1. The van der Waals surface area contributed by atoms with E-state index >= 15 is 0 Å². The molecule has 6 nitrogen and oxygen atoms in total. The van der Waals surface area contributed by atoms with E-state index in [4.69, 9.17) is 0 Å². The third-order valence-corrected chi connectivity index (χ3v) is 4.66. The molecule has 0 aliphatic rings. The Morgan fingerprint density at radius 2 is 1.72 bits per heavy atom. The summed E-state index contributed by atoms with van der Waals surface area (Å²) >= 11 is 0. The molecular formula is C15H22F3N3O3S. The van der Waals surface area contributed by atoms with Crippen LogP contribution in [0.2, 0.25) is 0 Å². The van der Waals surface area contributed by atoms with E-state index in [1.165, 1.54) is 12.1 Å². The van der Waals surface area contributed by atoms with Crippen LogP contribution in [-0.2, 0) is 21.0 Å². The number of rotatable bonds is 8. The summed E-state index contributed by atoms with van der Waals surface area (Å²) in [6.07, 6.45) is -3.80. The monoisotopic (exact) mass is 381 g/mol. The van der Waals surface area contributed by atoms with Gasteiger partial charge in [0.1, 0.15) is 0 Å². The van der Waals surface area contributed by atoms with Crippen LogP contribution in [0.4, 0.5) is 18.9 Å². The summed E-state index contributed by atoms with van der Waals surface area (Å²) < 4.78 is 63.3. The molecule has 0 aliphatic carbocycles. The fraction of sp³-hybridized carbons (Fsp3) is 0.533. The zero-order chi connectivity index (χ0) is 19.3. The van der Waals surface area contributed by atoms with Crippen molar-refractivity contribution in [2.24, 2.45) is 0 Å². The largest absolute Gasteiger partial charge is 0.418 e. The normalized spacial score (nSPS) is 12.6. The number of likely N-dealkylation sites (N-methyl/N-ethyl adjacent to an activating group) is 1. The number of hydrogen-bond acceptors (Lipinski definition) is 4. The van der Waals surface area contributed by atoms with E-state index in [1.807, 2.05) is 0 Å². The van der Waals surface area contributed by atoms with E-state index in [2.05, 4.69) is 5.32 Å². The number of carbonyl (C=O) groups excluding carboxylic acids is 1. The average Bonchev–Trinajstić information content (AvgIpc) is 2.44. The Bertz CT molecular complexity index is 691. The Morgan fingerprint density at radius 3 is 2.24 bits per heavy atom. The minimum absolute atomic E-state index is 0.104. The third kappa shape index (κ3) is 7.41. The molecule has 0 atom stereocenters. The number of alkyl halides is 3. The number of halogens is 3. The minimum atomic E-state index is -4.59. The van der Waals surface area contributed by atoms with Crippen molar-refractivity contribution < 1.29 is 26.4 Å². The predicted octanol–water partition coefficient (Wildman–Crippen LogP) is 1.86. The Hall–Kier alpha value is -1.65. The smallest absolute Gasteiger partial charge is 0.325 e. The van der Waals surface area contributed by atoms with E-state index in [0.717, 1.165) is 22.7 Å². The molecule has 0 radical (unpaired) electrons. The van der Waals surface area contributed by atoms with E-state index in [0.29, 0.717) is 6.54 Å². The van der Waals surface area contributed by atoms with Gasteiger partial charge in [-0.3, -0.25) is 4.79 Å². The lowest BCUT2D eigenvalue weighted by molar-refractivity contribution is -0.137. The molecule has 0 heterocycles. The summed E-state index contributed by atoms with van der Waals surface area (Å²) in [6, 6.07) is 4.63. The maximum Gasteiger partial charge on any atom is 0.418 e. The number of para-hydroxylation sites is 1. The first-order chi connectivity index (χ1) is 11.4. The maximum absolute atomic E-state index is 12.9. The number of amides is 1. The fourth-order valence-corrected chi connectivity index (χ4v) is 2.87. The van der Waals surface area contributed by atoms with Gasteiger partial charge in [-0.05, 0) is 26.2 Å². The first-order valence-electron chi connectivity index (χ1n) is 7.47. The highest BCUT2D eigenvalue weighted by molar-refractivity contribution is 7.88. The Kier molecular flexibility index (Phi) is 7.39. The Balaban J connectivity index is 2.73. The van der Waals surface area contributed by atoms with Gasteiger partial charge < -0.3 is 10.2 Å². The molecule has 1 amide bonds. The highest BCUT2D eigenvalue weighted by atomic mass is 32.2. The van der Waals surface area contributed by atoms with E-state index in [1.54, 1.807) is 19.0 Å². The van der Waals surface area contributed by atoms with Gasteiger partial charge in [-0.15, -0.1) is 0 Å². The summed E-state index contributed by atoms with van der Waals surface area (Å²) in [5, 5.41) is 2.20. The Morgan fingerprint density at radius 1 is 1.12 bits per heavy atom. The molecule has 1 aromatic carbocycles. The molecular weight excluding hydrogens is 359 g/mol. The van der Waals surface area contributed by atoms with Crippen LogP contribution in [0, 0.1) is 0 Å². The topological polar surface area (TPSA) is 69.7 Å². The number of carbonyl (C=O) groups is 1. The second-order valence-electron chi connectivity index (χ2n) is 5.81. The lowest BCUT2D eigenvalue weighted by Gasteiger charge is -2.21. The van der Waals surface area contributed by atoms with Crippen molar-refractivity contribution in [3.63, 3.8) is 0 Å². The number of sulfonamides is 1. The lowest BCUT2D eigenvalue weighted by atomic mass is 10.1. The van der Waals surface area contributed by atoms with Crippen LogP contribution in [0.1, 0.15) is 12.0 Å². The van der Waals surface area contributed by atoms with E-state index in [9.17, 15) is 26.4 Å². The molecule has 1 rings (SSSR count). The molecule has 0 aliphatic heterocycles. The number of hydrogen-bond donors (Lipinski definition) is 1. The molecule has 0 fully saturated rings. The summed E-state index contributed by atoms with van der Waals surface area (Å²) in [4.78, 5) is 13.7. The molecule has 142 valence electrons. The van der Waals surface area contributed by atoms with Crippen molar-refractivity contribution >= 4 is 21.6 Å². The van der Waals surface area contributed by atoms with Gasteiger partial charge in [0.25, 0.3) is 0 Å². The van der Waals surface area contributed by atoms with Gasteiger partial charge in [0, 0.05) is 26.1 Å². The highest BCUT2D eigenvalue weighted by Crippen LogP contribution is 2.34. The molecule has 0 aromatic heterocycles. The first kappa shape index (κ1) is 21.4. The molecule has 10 heteroatoms. The van der Waals surface area contributed by atoms with Gasteiger partial charge in [0.15, 0.2) is 0 Å².